The molecule has 72 valence electrons. The number of carboxylic acids is 1. The first kappa shape index (κ1) is 11.7. The molecule has 2 atom stereocenters. The molecule has 5 nitrogen and oxygen atoms in total. The summed E-state index contributed by atoms with van der Waals surface area (Å²) in [6, 6.07) is -0.902. The minimum atomic E-state index is -1.05. The van der Waals surface area contributed by atoms with Gasteiger partial charge in [0.2, 0.25) is 0 Å². The second-order valence-electron chi connectivity index (χ2n) is 2.32. The fraction of sp³-hybridized carbons (Fsp3) is 0.833. The fourth-order valence-corrected chi connectivity index (χ4v) is 1.37. The Labute approximate surface area is 74.6 Å². The average Bonchev–Trinajstić information content (AvgIpc) is 2.03. The van der Waals surface area contributed by atoms with Crippen LogP contribution in [0.2, 0.25) is 0 Å². The number of aliphatic hydroxyl groups excluding tert-OH is 2. The molecule has 0 saturated heterocycles. The van der Waals surface area contributed by atoms with E-state index in [-0.39, 0.29) is 12.4 Å². The third kappa shape index (κ3) is 5.36. The number of aliphatic hydroxyl groups is 2. The quantitative estimate of drug-likeness (QED) is 0.410. The third-order valence-corrected chi connectivity index (χ3v) is 2.35. The second-order valence-corrected chi connectivity index (χ2v) is 3.39. The van der Waals surface area contributed by atoms with Crippen molar-refractivity contribution in [2.45, 2.75) is 12.1 Å². The van der Waals surface area contributed by atoms with E-state index in [9.17, 15) is 4.79 Å². The van der Waals surface area contributed by atoms with Gasteiger partial charge in [0.15, 0.2) is 0 Å². The topological polar surface area (TPSA) is 104 Å². The Balaban J connectivity index is 3.37. The van der Waals surface area contributed by atoms with Gasteiger partial charge in [0.1, 0.15) is 6.04 Å². The molecule has 0 aromatic heterocycles. The lowest BCUT2D eigenvalue weighted by Crippen LogP contribution is -2.33. The SMILES string of the molecule is N[C@H](CSCC(O)CO)C(=O)O. The molecule has 0 saturated carbocycles. The normalized spacial score (nSPS) is 15.6. The van der Waals surface area contributed by atoms with Crippen molar-refractivity contribution < 1.29 is 20.1 Å². The van der Waals surface area contributed by atoms with Crippen LogP contribution in [0.4, 0.5) is 0 Å². The van der Waals surface area contributed by atoms with Crippen LogP contribution in [0.15, 0.2) is 0 Å². The van der Waals surface area contributed by atoms with E-state index >= 15 is 0 Å². The molecule has 0 rings (SSSR count). The van der Waals surface area contributed by atoms with E-state index in [2.05, 4.69) is 0 Å². The molecule has 12 heavy (non-hydrogen) atoms. The van der Waals surface area contributed by atoms with Crippen LogP contribution in [0.25, 0.3) is 0 Å². The van der Waals surface area contributed by atoms with Crippen LogP contribution in [0.3, 0.4) is 0 Å². The molecule has 0 heterocycles. The smallest absolute Gasteiger partial charge is 0.321 e. The zero-order chi connectivity index (χ0) is 9.56. The summed E-state index contributed by atoms with van der Waals surface area (Å²) in [5.41, 5.74) is 5.18. The van der Waals surface area contributed by atoms with E-state index in [1.54, 1.807) is 0 Å². The van der Waals surface area contributed by atoms with Gasteiger partial charge in [-0.2, -0.15) is 11.8 Å². The molecule has 0 aromatic carbocycles. The first-order valence-corrected chi connectivity index (χ1v) is 4.58. The fourth-order valence-electron chi connectivity index (χ4n) is 0.455. The van der Waals surface area contributed by atoms with Crippen molar-refractivity contribution in [2.75, 3.05) is 18.1 Å². The molecule has 0 radical (unpaired) electrons. The van der Waals surface area contributed by atoms with Gasteiger partial charge in [-0.1, -0.05) is 0 Å². The number of carbonyl (C=O) groups is 1. The summed E-state index contributed by atoms with van der Waals surface area (Å²) in [6.45, 7) is -0.310. The molecule has 1 unspecified atom stereocenters. The van der Waals surface area contributed by atoms with Crippen molar-refractivity contribution in [3.05, 3.63) is 0 Å². The molecular weight excluding hydrogens is 182 g/mol. The van der Waals surface area contributed by atoms with E-state index in [0.717, 1.165) is 0 Å². The molecule has 0 aliphatic rings. The largest absolute Gasteiger partial charge is 0.480 e. The number of rotatable bonds is 6. The number of thioether (sulfide) groups is 1. The lowest BCUT2D eigenvalue weighted by molar-refractivity contribution is -0.137. The maximum Gasteiger partial charge on any atom is 0.321 e. The van der Waals surface area contributed by atoms with Crippen molar-refractivity contribution in [3.8, 4) is 0 Å². The molecule has 6 heteroatoms. The number of aliphatic carboxylic acids is 1. The number of hydrogen-bond acceptors (Lipinski definition) is 5. The van der Waals surface area contributed by atoms with Crippen molar-refractivity contribution in [1.82, 2.24) is 0 Å². The second kappa shape index (κ2) is 6.24. The minimum Gasteiger partial charge on any atom is -0.480 e. The monoisotopic (exact) mass is 195 g/mol. The molecule has 0 bridgehead atoms. The minimum absolute atomic E-state index is 0.242. The van der Waals surface area contributed by atoms with E-state index in [0.29, 0.717) is 5.75 Å². The lowest BCUT2D eigenvalue weighted by atomic mass is 10.4. The van der Waals surface area contributed by atoms with Gasteiger partial charge in [-0.05, 0) is 0 Å². The highest BCUT2D eigenvalue weighted by Gasteiger charge is 2.11. The van der Waals surface area contributed by atoms with Gasteiger partial charge in [0.05, 0.1) is 12.7 Å². The first-order valence-electron chi connectivity index (χ1n) is 3.43. The lowest BCUT2D eigenvalue weighted by Gasteiger charge is -2.08. The summed E-state index contributed by atoms with van der Waals surface area (Å²) < 4.78 is 0. The van der Waals surface area contributed by atoms with E-state index < -0.39 is 18.1 Å². The predicted octanol–water partition coefficient (Wildman–Crippen LogP) is -1.52. The highest BCUT2D eigenvalue weighted by Crippen LogP contribution is 2.03. The summed E-state index contributed by atoms with van der Waals surface area (Å²) >= 11 is 1.21. The van der Waals surface area contributed by atoms with Gasteiger partial charge in [-0.3, -0.25) is 4.79 Å². The maximum absolute atomic E-state index is 10.2. The Bertz CT molecular complexity index is 144. The van der Waals surface area contributed by atoms with Crippen molar-refractivity contribution in [2.24, 2.45) is 5.73 Å². The molecular formula is C6H13NO4S. The highest BCUT2D eigenvalue weighted by molar-refractivity contribution is 7.99. The van der Waals surface area contributed by atoms with E-state index in [4.69, 9.17) is 21.1 Å². The summed E-state index contributed by atoms with van der Waals surface area (Å²) in [7, 11) is 0. The van der Waals surface area contributed by atoms with Crippen LogP contribution < -0.4 is 5.73 Å². The number of carboxylic acid groups (broad SMARTS) is 1. The van der Waals surface area contributed by atoms with Gasteiger partial charge >= 0.3 is 5.97 Å². The highest BCUT2D eigenvalue weighted by atomic mass is 32.2. The zero-order valence-electron chi connectivity index (χ0n) is 6.51. The van der Waals surface area contributed by atoms with Gasteiger partial charge in [-0.15, -0.1) is 0 Å². The van der Waals surface area contributed by atoms with Crippen molar-refractivity contribution in [3.63, 3.8) is 0 Å². The van der Waals surface area contributed by atoms with E-state index in [1.165, 1.54) is 11.8 Å². The molecule has 0 spiro atoms. The van der Waals surface area contributed by atoms with Crippen LogP contribution in [-0.2, 0) is 4.79 Å². The van der Waals surface area contributed by atoms with Crippen molar-refractivity contribution in [1.29, 1.82) is 0 Å². The van der Waals surface area contributed by atoms with E-state index in [1.807, 2.05) is 0 Å². The molecule has 5 N–H and O–H groups in total. The average molecular weight is 195 g/mol. The Kier molecular flexibility index (Phi) is 6.09. The summed E-state index contributed by atoms with van der Waals surface area (Å²) in [5.74, 6) is -0.509. The Morgan fingerprint density at radius 3 is 2.50 bits per heavy atom. The molecule has 0 aromatic rings. The number of nitrogens with two attached hydrogens (primary N) is 1. The molecule has 0 fully saturated rings. The van der Waals surface area contributed by atoms with Crippen LogP contribution in [0.1, 0.15) is 0 Å². The predicted molar refractivity (Wildman–Crippen MR) is 46.0 cm³/mol. The maximum atomic E-state index is 10.2. The van der Waals surface area contributed by atoms with Crippen LogP contribution in [0, 0.1) is 0 Å². The van der Waals surface area contributed by atoms with Gasteiger partial charge in [0, 0.05) is 11.5 Å². The van der Waals surface area contributed by atoms with Gasteiger partial charge in [0.25, 0.3) is 0 Å². The van der Waals surface area contributed by atoms with Gasteiger partial charge < -0.3 is 21.1 Å². The Hall–Kier alpha value is -0.300. The van der Waals surface area contributed by atoms with Crippen LogP contribution in [-0.4, -0.2) is 51.5 Å². The first-order chi connectivity index (χ1) is 5.57. The summed E-state index contributed by atoms with van der Waals surface area (Å²) in [5, 5.41) is 25.6. The Morgan fingerprint density at radius 2 is 2.08 bits per heavy atom. The van der Waals surface area contributed by atoms with Gasteiger partial charge in [-0.25, -0.2) is 0 Å². The Morgan fingerprint density at radius 1 is 1.50 bits per heavy atom. The number of hydrogen-bond donors (Lipinski definition) is 4. The molecule has 0 aliphatic carbocycles. The molecule has 0 aliphatic heterocycles. The molecule has 0 amide bonds. The summed E-state index contributed by atoms with van der Waals surface area (Å²) in [6.07, 6.45) is -0.795. The standard InChI is InChI=1S/C6H13NO4S/c7-5(6(10)11)3-12-2-4(9)1-8/h4-5,8-9H,1-3,7H2,(H,10,11)/t4?,5-/m1/s1. The third-order valence-electron chi connectivity index (χ3n) is 1.14. The van der Waals surface area contributed by atoms with Crippen LogP contribution in [0.5, 0.6) is 0 Å². The zero-order valence-corrected chi connectivity index (χ0v) is 7.33. The van der Waals surface area contributed by atoms with Crippen LogP contribution >= 0.6 is 11.8 Å². The summed E-state index contributed by atoms with van der Waals surface area (Å²) in [4.78, 5) is 10.2. The van der Waals surface area contributed by atoms with Crippen molar-refractivity contribution >= 4 is 17.7 Å².